The largest absolute Gasteiger partial charge is 0.478 e. The zero-order valence-corrected chi connectivity index (χ0v) is 9.26. The Morgan fingerprint density at radius 3 is 1.53 bits per heavy atom. The van der Waals surface area contributed by atoms with Crippen molar-refractivity contribution in [2.24, 2.45) is 5.73 Å². The van der Waals surface area contributed by atoms with Crippen LogP contribution in [-0.4, -0.2) is 34.7 Å². The van der Waals surface area contributed by atoms with Crippen LogP contribution in [0.4, 0.5) is 0 Å². The lowest BCUT2D eigenvalue weighted by Gasteiger charge is -1.89. The Bertz CT molecular complexity index is 268. The van der Waals surface area contributed by atoms with Crippen molar-refractivity contribution in [1.82, 2.24) is 5.32 Å². The zero-order valence-electron chi connectivity index (χ0n) is 9.26. The smallest absolute Gasteiger partial charge is 0.327 e. The van der Waals surface area contributed by atoms with Crippen LogP contribution >= 0.6 is 0 Å². The van der Waals surface area contributed by atoms with Gasteiger partial charge in [0.15, 0.2) is 0 Å². The predicted molar refractivity (Wildman–Crippen MR) is 62.6 cm³/mol. The molecule has 0 aromatic heterocycles. The summed E-state index contributed by atoms with van der Waals surface area (Å²) in [6.07, 6.45) is 2.98. The SMILES string of the molecule is C=CC(=O)NCO.C=CC(=O)O.C=CC(N)=O. The van der Waals surface area contributed by atoms with Crippen molar-refractivity contribution in [2.45, 2.75) is 0 Å². The molecule has 0 fully saturated rings. The summed E-state index contributed by atoms with van der Waals surface area (Å²) >= 11 is 0. The molecule has 0 aliphatic carbocycles. The van der Waals surface area contributed by atoms with Gasteiger partial charge in [-0.15, -0.1) is 0 Å². The highest BCUT2D eigenvalue weighted by Crippen LogP contribution is 1.59. The molecule has 0 aromatic rings. The van der Waals surface area contributed by atoms with Crippen LogP contribution < -0.4 is 11.1 Å². The third-order valence-electron chi connectivity index (χ3n) is 0.814. The Hall–Kier alpha value is -2.41. The number of carboxylic acid groups (broad SMARTS) is 1. The molecule has 7 heteroatoms. The second-order valence-corrected chi connectivity index (χ2v) is 2.05. The Balaban J connectivity index is -0.000000177. The molecule has 7 nitrogen and oxygen atoms in total. The molecule has 0 saturated carbocycles. The molecule has 0 saturated heterocycles. The molecular weight excluding hydrogens is 228 g/mol. The van der Waals surface area contributed by atoms with Crippen molar-refractivity contribution < 1.29 is 24.6 Å². The van der Waals surface area contributed by atoms with Crippen LogP contribution in [0.15, 0.2) is 38.0 Å². The minimum atomic E-state index is -0.981. The van der Waals surface area contributed by atoms with E-state index in [-0.39, 0.29) is 12.6 Å². The van der Waals surface area contributed by atoms with Gasteiger partial charge in [-0.25, -0.2) is 4.79 Å². The van der Waals surface area contributed by atoms with Crippen LogP contribution in [-0.2, 0) is 14.4 Å². The van der Waals surface area contributed by atoms with Crippen molar-refractivity contribution in [3.05, 3.63) is 38.0 Å². The van der Waals surface area contributed by atoms with Crippen molar-refractivity contribution in [1.29, 1.82) is 0 Å². The van der Waals surface area contributed by atoms with E-state index in [9.17, 15) is 14.4 Å². The Labute approximate surface area is 98.9 Å². The predicted octanol–water partition coefficient (Wildman–Crippen LogP) is -0.847. The van der Waals surface area contributed by atoms with Crippen molar-refractivity contribution in [3.8, 4) is 0 Å². The van der Waals surface area contributed by atoms with E-state index >= 15 is 0 Å². The van der Waals surface area contributed by atoms with E-state index in [1.807, 2.05) is 0 Å². The molecule has 0 aromatic carbocycles. The van der Waals surface area contributed by atoms with E-state index in [1.54, 1.807) is 0 Å². The number of carbonyl (C=O) groups excluding carboxylic acids is 2. The molecule has 0 bridgehead atoms. The lowest BCUT2D eigenvalue weighted by Crippen LogP contribution is -2.20. The van der Waals surface area contributed by atoms with Gasteiger partial charge in [-0.3, -0.25) is 9.59 Å². The van der Waals surface area contributed by atoms with E-state index in [1.165, 1.54) is 0 Å². The Morgan fingerprint density at radius 1 is 1.12 bits per heavy atom. The zero-order chi connectivity index (χ0) is 14.3. The number of amides is 2. The molecule has 96 valence electrons. The fourth-order valence-corrected chi connectivity index (χ4v) is 0.150. The topological polar surface area (TPSA) is 130 Å². The maximum Gasteiger partial charge on any atom is 0.327 e. The molecule has 0 rings (SSSR count). The molecule has 0 atom stereocenters. The third-order valence-corrected chi connectivity index (χ3v) is 0.814. The minimum Gasteiger partial charge on any atom is -0.478 e. The van der Waals surface area contributed by atoms with E-state index in [0.29, 0.717) is 0 Å². The first-order valence-corrected chi connectivity index (χ1v) is 4.14. The highest BCUT2D eigenvalue weighted by molar-refractivity contribution is 5.86. The lowest BCUT2D eigenvalue weighted by atomic mass is 10.6. The van der Waals surface area contributed by atoms with Crippen LogP contribution in [0, 0.1) is 0 Å². The summed E-state index contributed by atoms with van der Waals surface area (Å²) in [4.78, 5) is 28.7. The second-order valence-electron chi connectivity index (χ2n) is 2.05. The number of primary amides is 1. The van der Waals surface area contributed by atoms with Crippen LogP contribution in [0.25, 0.3) is 0 Å². The first-order chi connectivity index (χ1) is 7.85. The average Bonchev–Trinajstić information content (AvgIpc) is 2.30. The van der Waals surface area contributed by atoms with E-state index in [2.05, 4.69) is 30.8 Å². The number of aliphatic carboxylic acids is 1. The van der Waals surface area contributed by atoms with Gasteiger partial charge in [0.25, 0.3) is 0 Å². The molecule has 0 spiro atoms. The summed E-state index contributed by atoms with van der Waals surface area (Å²) in [5.41, 5.74) is 4.53. The summed E-state index contributed by atoms with van der Waals surface area (Å²) in [7, 11) is 0. The normalized spacial score (nSPS) is 6.88. The lowest BCUT2D eigenvalue weighted by molar-refractivity contribution is -0.131. The summed E-state index contributed by atoms with van der Waals surface area (Å²) in [6, 6.07) is 0. The third kappa shape index (κ3) is 42.0. The maximum atomic E-state index is 10.0. The number of aliphatic hydroxyl groups excluding tert-OH is 1. The Kier molecular flexibility index (Phi) is 18.9. The van der Waals surface area contributed by atoms with E-state index < -0.39 is 11.9 Å². The fourth-order valence-electron chi connectivity index (χ4n) is 0.150. The number of carboxylic acids is 1. The van der Waals surface area contributed by atoms with Gasteiger partial charge in [0.1, 0.15) is 6.73 Å². The summed E-state index contributed by atoms with van der Waals surface area (Å²) in [5, 5.41) is 17.7. The van der Waals surface area contributed by atoms with Gasteiger partial charge in [-0.05, 0) is 12.2 Å². The molecule has 17 heavy (non-hydrogen) atoms. The average molecular weight is 244 g/mol. The maximum absolute atomic E-state index is 10.0. The number of hydrogen-bond acceptors (Lipinski definition) is 4. The highest BCUT2D eigenvalue weighted by Gasteiger charge is 1.84. The highest BCUT2D eigenvalue weighted by atomic mass is 16.4. The quantitative estimate of drug-likeness (QED) is 0.378. The van der Waals surface area contributed by atoms with Gasteiger partial charge >= 0.3 is 5.97 Å². The molecule has 0 aliphatic rings. The van der Waals surface area contributed by atoms with E-state index in [0.717, 1.165) is 18.2 Å². The molecule has 5 N–H and O–H groups in total. The molecule has 0 radical (unpaired) electrons. The van der Waals surface area contributed by atoms with Crippen LogP contribution in [0.3, 0.4) is 0 Å². The number of nitrogens with two attached hydrogens (primary N) is 1. The number of carbonyl (C=O) groups is 3. The van der Waals surface area contributed by atoms with Crippen LogP contribution in [0.1, 0.15) is 0 Å². The molecule has 2 amide bonds. The second kappa shape index (κ2) is 16.0. The Morgan fingerprint density at radius 2 is 1.47 bits per heavy atom. The van der Waals surface area contributed by atoms with Gasteiger partial charge in [0, 0.05) is 6.08 Å². The summed E-state index contributed by atoms with van der Waals surface area (Å²) in [6.45, 7) is 8.87. The van der Waals surface area contributed by atoms with Crippen molar-refractivity contribution in [3.63, 3.8) is 0 Å². The first kappa shape index (κ1) is 20.1. The molecule has 0 aliphatic heterocycles. The van der Waals surface area contributed by atoms with Gasteiger partial charge in [-0.2, -0.15) is 0 Å². The standard InChI is InChI=1S/C4H7NO2.C3H5NO.C3H4O2/c1-2-4(7)5-3-6;2*1-2-3(4)5/h2,6H,1,3H2,(H,5,7);2H,1H2,(H2,4,5);2H,1H2,(H,4,5). The van der Waals surface area contributed by atoms with Crippen molar-refractivity contribution in [2.75, 3.05) is 6.73 Å². The van der Waals surface area contributed by atoms with E-state index in [4.69, 9.17) is 10.2 Å². The molecule has 0 heterocycles. The number of aliphatic hydroxyl groups is 1. The van der Waals surface area contributed by atoms with Crippen molar-refractivity contribution >= 4 is 17.8 Å². The monoisotopic (exact) mass is 244 g/mol. The van der Waals surface area contributed by atoms with Gasteiger partial charge in [-0.1, -0.05) is 19.7 Å². The van der Waals surface area contributed by atoms with Gasteiger partial charge < -0.3 is 21.3 Å². The van der Waals surface area contributed by atoms with Gasteiger partial charge in [0.2, 0.25) is 11.8 Å². The number of nitrogens with one attached hydrogen (secondary N) is 1. The molecular formula is C10H16N2O5. The minimum absolute atomic E-state index is 0.329. The fraction of sp³-hybridized carbons (Fsp3) is 0.100. The molecule has 0 unspecified atom stereocenters. The number of hydrogen-bond donors (Lipinski definition) is 4. The summed E-state index contributed by atoms with van der Waals surface area (Å²) in [5.74, 6) is -1.82. The summed E-state index contributed by atoms with van der Waals surface area (Å²) < 4.78 is 0. The van der Waals surface area contributed by atoms with Crippen LogP contribution in [0.2, 0.25) is 0 Å². The van der Waals surface area contributed by atoms with Gasteiger partial charge in [0.05, 0.1) is 0 Å². The van der Waals surface area contributed by atoms with Crippen LogP contribution in [0.5, 0.6) is 0 Å². The first-order valence-electron chi connectivity index (χ1n) is 4.14. The number of rotatable bonds is 4.